The average molecular weight is 352 g/mol. The van der Waals surface area contributed by atoms with Gasteiger partial charge >= 0.3 is 0 Å². The van der Waals surface area contributed by atoms with Gasteiger partial charge in [-0.15, -0.1) is 11.3 Å². The molecule has 1 saturated carbocycles. The van der Waals surface area contributed by atoms with E-state index in [1.54, 1.807) is 11.3 Å². The van der Waals surface area contributed by atoms with E-state index in [-0.39, 0.29) is 30.9 Å². The van der Waals surface area contributed by atoms with E-state index in [2.05, 4.69) is 17.6 Å². The van der Waals surface area contributed by atoms with Gasteiger partial charge in [0.1, 0.15) is 0 Å². The number of nitrogens with one attached hydrogen (secondary N) is 2. The smallest absolute Gasteiger partial charge is 0.234 e. The van der Waals surface area contributed by atoms with Gasteiger partial charge in [0, 0.05) is 10.9 Å². The van der Waals surface area contributed by atoms with Crippen molar-refractivity contribution >= 4 is 23.2 Å². The Morgan fingerprint density at radius 3 is 2.67 bits per heavy atom. The lowest BCUT2D eigenvalue weighted by Gasteiger charge is -2.30. The third kappa shape index (κ3) is 6.24. The molecule has 0 unspecified atom stereocenters. The van der Waals surface area contributed by atoms with Crippen molar-refractivity contribution in [2.24, 2.45) is 5.92 Å². The lowest BCUT2D eigenvalue weighted by Crippen LogP contribution is -2.47. The molecule has 2 amide bonds. The predicted octanol–water partition coefficient (Wildman–Crippen LogP) is 2.38. The zero-order chi connectivity index (χ0) is 17.4. The van der Waals surface area contributed by atoms with E-state index in [9.17, 15) is 9.59 Å². The van der Waals surface area contributed by atoms with E-state index in [4.69, 9.17) is 0 Å². The van der Waals surface area contributed by atoms with Gasteiger partial charge in [-0.25, -0.2) is 0 Å². The molecule has 2 atom stereocenters. The van der Waals surface area contributed by atoms with Crippen LogP contribution < -0.4 is 10.6 Å². The Morgan fingerprint density at radius 2 is 2.00 bits per heavy atom. The number of rotatable bonds is 8. The standard InChI is InChI=1S/C18H29N3O2S/c1-3-21(12-17(22)19-11-15-8-6-10-24-15)13-18(23)20-16-9-5-4-7-14(16)2/h6,8,10,14,16H,3-5,7,9,11-13H2,1-2H3,(H,19,22)(H,20,23)/t14-,16+/m0/s1. The van der Waals surface area contributed by atoms with Crippen molar-refractivity contribution in [1.29, 1.82) is 0 Å². The van der Waals surface area contributed by atoms with Crippen LogP contribution in [0, 0.1) is 5.92 Å². The molecule has 0 spiro atoms. The SMILES string of the molecule is CCN(CC(=O)NCc1cccs1)CC(=O)N[C@@H]1CCCC[C@@H]1C. The normalized spacial score (nSPS) is 20.8. The van der Waals surface area contributed by atoms with E-state index >= 15 is 0 Å². The van der Waals surface area contributed by atoms with Crippen molar-refractivity contribution in [1.82, 2.24) is 15.5 Å². The molecule has 1 aromatic rings. The van der Waals surface area contributed by atoms with Gasteiger partial charge in [0.05, 0.1) is 19.6 Å². The number of amides is 2. The van der Waals surface area contributed by atoms with Crippen molar-refractivity contribution in [3.8, 4) is 0 Å². The van der Waals surface area contributed by atoms with Crippen molar-refractivity contribution < 1.29 is 9.59 Å². The predicted molar refractivity (Wildman–Crippen MR) is 97.8 cm³/mol. The summed E-state index contributed by atoms with van der Waals surface area (Å²) in [5.41, 5.74) is 0. The number of hydrogen-bond donors (Lipinski definition) is 2. The Morgan fingerprint density at radius 1 is 1.25 bits per heavy atom. The number of likely N-dealkylation sites (N-methyl/N-ethyl adjacent to an activating group) is 1. The third-order valence-electron chi connectivity index (χ3n) is 4.68. The molecular formula is C18H29N3O2S. The monoisotopic (exact) mass is 351 g/mol. The summed E-state index contributed by atoms with van der Waals surface area (Å²) in [4.78, 5) is 27.3. The first-order valence-corrected chi connectivity index (χ1v) is 9.77. The molecule has 1 aliphatic rings. The minimum Gasteiger partial charge on any atom is -0.352 e. The van der Waals surface area contributed by atoms with Gasteiger partial charge in [-0.1, -0.05) is 32.8 Å². The Hall–Kier alpha value is -1.40. The summed E-state index contributed by atoms with van der Waals surface area (Å²) in [5.74, 6) is 0.539. The fourth-order valence-corrected chi connectivity index (χ4v) is 3.77. The highest BCUT2D eigenvalue weighted by atomic mass is 32.1. The van der Waals surface area contributed by atoms with Crippen LogP contribution in [0.1, 0.15) is 44.4 Å². The number of carbonyl (C=O) groups is 2. The lowest BCUT2D eigenvalue weighted by molar-refractivity contribution is -0.125. The molecule has 1 fully saturated rings. The molecule has 134 valence electrons. The van der Waals surface area contributed by atoms with E-state index in [0.29, 0.717) is 19.0 Å². The van der Waals surface area contributed by atoms with Crippen molar-refractivity contribution in [3.63, 3.8) is 0 Å². The van der Waals surface area contributed by atoms with E-state index in [1.807, 2.05) is 29.3 Å². The summed E-state index contributed by atoms with van der Waals surface area (Å²) in [6.07, 6.45) is 4.71. The van der Waals surface area contributed by atoms with Crippen molar-refractivity contribution in [3.05, 3.63) is 22.4 Å². The van der Waals surface area contributed by atoms with Gasteiger partial charge in [-0.3, -0.25) is 14.5 Å². The topological polar surface area (TPSA) is 61.4 Å². The molecule has 2 rings (SSSR count). The largest absolute Gasteiger partial charge is 0.352 e. The molecule has 2 N–H and O–H groups in total. The number of thiophene rings is 1. The summed E-state index contributed by atoms with van der Waals surface area (Å²) in [5, 5.41) is 8.06. The first-order valence-electron chi connectivity index (χ1n) is 8.89. The van der Waals surface area contributed by atoms with Crippen LogP contribution >= 0.6 is 11.3 Å². The fraction of sp³-hybridized carbons (Fsp3) is 0.667. The minimum atomic E-state index is -0.0379. The fourth-order valence-electron chi connectivity index (χ4n) is 3.12. The third-order valence-corrected chi connectivity index (χ3v) is 5.56. The molecule has 1 heterocycles. The Bertz CT molecular complexity index is 518. The van der Waals surface area contributed by atoms with Crippen LogP contribution in [0.15, 0.2) is 17.5 Å². The van der Waals surface area contributed by atoms with E-state index in [0.717, 1.165) is 11.3 Å². The van der Waals surface area contributed by atoms with Crippen LogP contribution in [0.3, 0.4) is 0 Å². The molecule has 6 heteroatoms. The highest BCUT2D eigenvalue weighted by Crippen LogP contribution is 2.23. The maximum absolute atomic E-state index is 12.3. The van der Waals surface area contributed by atoms with Crippen LogP contribution in [0.2, 0.25) is 0 Å². The van der Waals surface area contributed by atoms with Gasteiger partial charge in [0.2, 0.25) is 11.8 Å². The van der Waals surface area contributed by atoms with Crippen LogP contribution in [0.4, 0.5) is 0 Å². The highest BCUT2D eigenvalue weighted by molar-refractivity contribution is 7.09. The first kappa shape index (κ1) is 18.9. The van der Waals surface area contributed by atoms with E-state index < -0.39 is 0 Å². The number of hydrogen-bond acceptors (Lipinski definition) is 4. The van der Waals surface area contributed by atoms with Crippen molar-refractivity contribution in [2.75, 3.05) is 19.6 Å². The zero-order valence-electron chi connectivity index (χ0n) is 14.7. The molecular weight excluding hydrogens is 322 g/mol. The van der Waals surface area contributed by atoms with Gasteiger partial charge in [-0.2, -0.15) is 0 Å². The van der Waals surface area contributed by atoms with Crippen LogP contribution in [0.5, 0.6) is 0 Å². The summed E-state index contributed by atoms with van der Waals surface area (Å²) < 4.78 is 0. The highest BCUT2D eigenvalue weighted by Gasteiger charge is 2.23. The molecule has 0 bridgehead atoms. The second-order valence-electron chi connectivity index (χ2n) is 6.60. The Labute approximate surface area is 148 Å². The van der Waals surface area contributed by atoms with Crippen molar-refractivity contribution in [2.45, 2.75) is 52.1 Å². The summed E-state index contributed by atoms with van der Waals surface area (Å²) in [6.45, 7) is 5.96. The molecule has 24 heavy (non-hydrogen) atoms. The molecule has 0 aromatic carbocycles. The molecule has 0 radical (unpaired) electrons. The van der Waals surface area contributed by atoms with Gasteiger partial charge in [0.25, 0.3) is 0 Å². The maximum atomic E-state index is 12.3. The molecule has 0 aliphatic heterocycles. The number of nitrogens with zero attached hydrogens (tertiary/aromatic N) is 1. The first-order chi connectivity index (χ1) is 11.6. The second kappa shape index (κ2) is 9.79. The lowest BCUT2D eigenvalue weighted by atomic mass is 9.86. The summed E-state index contributed by atoms with van der Waals surface area (Å²) >= 11 is 1.63. The molecule has 5 nitrogen and oxygen atoms in total. The second-order valence-corrected chi connectivity index (χ2v) is 7.63. The number of carbonyl (C=O) groups excluding carboxylic acids is 2. The summed E-state index contributed by atoms with van der Waals surface area (Å²) in [6, 6.07) is 4.26. The van der Waals surface area contributed by atoms with E-state index in [1.165, 1.54) is 19.3 Å². The zero-order valence-corrected chi connectivity index (χ0v) is 15.5. The van der Waals surface area contributed by atoms with Gasteiger partial charge in [0.15, 0.2) is 0 Å². The maximum Gasteiger partial charge on any atom is 0.234 e. The Balaban J connectivity index is 1.71. The van der Waals surface area contributed by atoms with Crippen LogP contribution in [0.25, 0.3) is 0 Å². The molecule has 1 aromatic heterocycles. The van der Waals surface area contributed by atoms with Gasteiger partial charge < -0.3 is 10.6 Å². The molecule has 1 aliphatic carbocycles. The van der Waals surface area contributed by atoms with Gasteiger partial charge in [-0.05, 0) is 36.8 Å². The molecule has 0 saturated heterocycles. The minimum absolute atomic E-state index is 0.0293. The quantitative estimate of drug-likeness (QED) is 0.756. The summed E-state index contributed by atoms with van der Waals surface area (Å²) in [7, 11) is 0. The van der Waals surface area contributed by atoms with Crippen LogP contribution in [-0.2, 0) is 16.1 Å². The average Bonchev–Trinajstić information content (AvgIpc) is 3.08. The van der Waals surface area contributed by atoms with Crippen LogP contribution in [-0.4, -0.2) is 42.4 Å². The Kier molecular flexibility index (Phi) is 7.72.